The van der Waals surface area contributed by atoms with Crippen LogP contribution in [0.3, 0.4) is 0 Å². The highest BCUT2D eigenvalue weighted by Crippen LogP contribution is 2.24. The van der Waals surface area contributed by atoms with Crippen molar-refractivity contribution in [3.63, 3.8) is 0 Å². The standard InChI is InChI=1S/C6H5Cl3F2/c7-5(6(8)9)2-1-4(11)3-10/h3H,1-2H2. The van der Waals surface area contributed by atoms with E-state index in [-0.39, 0.29) is 28.7 Å². The lowest BCUT2D eigenvalue weighted by atomic mass is 10.3. The van der Waals surface area contributed by atoms with Crippen LogP contribution >= 0.6 is 34.8 Å². The lowest BCUT2D eigenvalue weighted by molar-refractivity contribution is 0.548. The van der Waals surface area contributed by atoms with Crippen molar-refractivity contribution in [3.8, 4) is 0 Å². The van der Waals surface area contributed by atoms with E-state index in [1.54, 1.807) is 0 Å². The Hall–Kier alpha value is 0.210. The first-order chi connectivity index (χ1) is 5.07. The van der Waals surface area contributed by atoms with E-state index in [2.05, 4.69) is 0 Å². The van der Waals surface area contributed by atoms with Crippen molar-refractivity contribution in [3.05, 3.63) is 21.7 Å². The highest BCUT2D eigenvalue weighted by molar-refractivity contribution is 6.59. The third kappa shape index (κ3) is 5.48. The second-order valence-electron chi connectivity index (χ2n) is 1.72. The second-order valence-corrected chi connectivity index (χ2v) is 3.13. The zero-order valence-electron chi connectivity index (χ0n) is 5.38. The summed E-state index contributed by atoms with van der Waals surface area (Å²) in [4.78, 5) is 0. The quantitative estimate of drug-likeness (QED) is 0.661. The van der Waals surface area contributed by atoms with Gasteiger partial charge in [-0.05, 0) is 6.42 Å². The van der Waals surface area contributed by atoms with Crippen molar-refractivity contribution in [2.24, 2.45) is 0 Å². The van der Waals surface area contributed by atoms with E-state index in [1.165, 1.54) is 0 Å². The van der Waals surface area contributed by atoms with Crippen LogP contribution in [0.2, 0.25) is 0 Å². The lowest BCUT2D eigenvalue weighted by Gasteiger charge is -1.95. The van der Waals surface area contributed by atoms with Crippen molar-refractivity contribution >= 4 is 34.8 Å². The first-order valence-electron chi connectivity index (χ1n) is 2.72. The van der Waals surface area contributed by atoms with Gasteiger partial charge in [0.2, 0.25) is 0 Å². The minimum absolute atomic E-state index is 0.107. The van der Waals surface area contributed by atoms with Gasteiger partial charge in [0.15, 0.2) is 0 Å². The molecule has 11 heavy (non-hydrogen) atoms. The van der Waals surface area contributed by atoms with Crippen molar-refractivity contribution in [1.82, 2.24) is 0 Å². The van der Waals surface area contributed by atoms with Crippen molar-refractivity contribution < 1.29 is 8.78 Å². The van der Waals surface area contributed by atoms with Gasteiger partial charge in [0.25, 0.3) is 0 Å². The monoisotopic (exact) mass is 220 g/mol. The van der Waals surface area contributed by atoms with E-state index in [4.69, 9.17) is 34.8 Å². The number of rotatable bonds is 3. The zero-order valence-corrected chi connectivity index (χ0v) is 7.65. The Balaban J connectivity index is 3.82. The molecule has 0 atom stereocenters. The fraction of sp³-hybridized carbons (Fsp3) is 0.333. The van der Waals surface area contributed by atoms with Gasteiger partial charge >= 0.3 is 0 Å². The predicted molar refractivity (Wildman–Crippen MR) is 44.1 cm³/mol. The van der Waals surface area contributed by atoms with Gasteiger partial charge in [0.1, 0.15) is 16.6 Å². The molecule has 64 valence electrons. The first kappa shape index (κ1) is 11.2. The number of hydrogen-bond acceptors (Lipinski definition) is 0. The van der Waals surface area contributed by atoms with Crippen LogP contribution in [0.25, 0.3) is 0 Å². The van der Waals surface area contributed by atoms with Gasteiger partial charge in [-0.15, -0.1) is 0 Å². The van der Waals surface area contributed by atoms with Crippen LogP contribution in [0, 0.1) is 0 Å². The highest BCUT2D eigenvalue weighted by Gasteiger charge is 2.01. The van der Waals surface area contributed by atoms with Crippen LogP contribution in [0.4, 0.5) is 8.78 Å². The second kappa shape index (κ2) is 5.81. The summed E-state index contributed by atoms with van der Waals surface area (Å²) in [5, 5.41) is 0.130. The van der Waals surface area contributed by atoms with E-state index < -0.39 is 5.83 Å². The fourth-order valence-electron chi connectivity index (χ4n) is 0.378. The molecule has 0 rings (SSSR count). The molecule has 0 radical (unpaired) electrons. The van der Waals surface area contributed by atoms with Crippen LogP contribution in [-0.4, -0.2) is 0 Å². The first-order valence-corrected chi connectivity index (χ1v) is 3.85. The Labute approximate surface area is 78.4 Å². The summed E-state index contributed by atoms with van der Waals surface area (Å²) in [6.07, 6.45) is -0.138. The molecule has 0 aliphatic heterocycles. The molecule has 0 aromatic carbocycles. The maximum absolute atomic E-state index is 12.1. The van der Waals surface area contributed by atoms with Crippen LogP contribution in [0.5, 0.6) is 0 Å². The summed E-state index contributed by atoms with van der Waals surface area (Å²) < 4.78 is 23.3. The normalized spacial score (nSPS) is 11.5. The lowest BCUT2D eigenvalue weighted by Crippen LogP contribution is -1.77. The summed E-state index contributed by atoms with van der Waals surface area (Å²) in [6.45, 7) is 0. The zero-order chi connectivity index (χ0) is 8.85. The van der Waals surface area contributed by atoms with Gasteiger partial charge < -0.3 is 0 Å². The fourth-order valence-corrected chi connectivity index (χ4v) is 0.662. The molecule has 0 heterocycles. The van der Waals surface area contributed by atoms with E-state index in [9.17, 15) is 8.78 Å². The molecule has 5 heteroatoms. The Morgan fingerprint density at radius 1 is 1.18 bits per heavy atom. The van der Waals surface area contributed by atoms with Gasteiger partial charge in [-0.1, -0.05) is 34.8 Å². The van der Waals surface area contributed by atoms with Crippen LogP contribution < -0.4 is 0 Å². The third-order valence-corrected chi connectivity index (χ3v) is 1.93. The van der Waals surface area contributed by atoms with Crippen LogP contribution in [0.15, 0.2) is 21.7 Å². The SMILES string of the molecule is FC=C(F)CCC(Cl)=C(Cl)Cl. The van der Waals surface area contributed by atoms with E-state index in [0.717, 1.165) is 0 Å². The minimum atomic E-state index is -0.877. The number of allylic oxidation sites excluding steroid dienone is 2. The minimum Gasteiger partial charge on any atom is -0.213 e. The molecule has 0 spiro atoms. The highest BCUT2D eigenvalue weighted by atomic mass is 35.5. The van der Waals surface area contributed by atoms with Gasteiger partial charge in [-0.3, -0.25) is 0 Å². The molecule has 0 aromatic rings. The van der Waals surface area contributed by atoms with Gasteiger partial charge in [0, 0.05) is 11.5 Å². The average molecular weight is 221 g/mol. The molecular formula is C6H5Cl3F2. The number of halogens is 5. The maximum Gasteiger partial charge on any atom is 0.128 e. The van der Waals surface area contributed by atoms with Crippen LogP contribution in [0.1, 0.15) is 12.8 Å². The molecule has 0 amide bonds. The summed E-state index contributed by atoms with van der Waals surface area (Å²) in [5.74, 6) is -0.877. The van der Waals surface area contributed by atoms with E-state index >= 15 is 0 Å². The average Bonchev–Trinajstić information content (AvgIpc) is 1.99. The summed E-state index contributed by atoms with van der Waals surface area (Å²) in [7, 11) is 0. The number of hydrogen-bond donors (Lipinski definition) is 0. The topological polar surface area (TPSA) is 0 Å². The molecular weight excluding hydrogens is 216 g/mol. The molecule has 0 saturated heterocycles. The molecule has 0 fully saturated rings. The summed E-state index contributed by atoms with van der Waals surface area (Å²) in [6, 6.07) is 0. The Morgan fingerprint density at radius 2 is 1.73 bits per heavy atom. The third-order valence-electron chi connectivity index (χ3n) is 0.907. The van der Waals surface area contributed by atoms with E-state index in [1.807, 2.05) is 0 Å². The Kier molecular flexibility index (Phi) is 5.92. The summed E-state index contributed by atoms with van der Waals surface area (Å²) >= 11 is 15.9. The molecule has 0 nitrogen and oxygen atoms in total. The molecule has 0 aromatic heterocycles. The van der Waals surface area contributed by atoms with Gasteiger partial charge in [-0.25, -0.2) is 8.78 Å². The summed E-state index contributed by atoms with van der Waals surface area (Å²) in [5.41, 5.74) is 0. The van der Waals surface area contributed by atoms with Gasteiger partial charge in [-0.2, -0.15) is 0 Å². The Bertz CT molecular complexity index is 182. The Morgan fingerprint density at radius 3 is 2.09 bits per heavy atom. The molecule has 0 aliphatic rings. The molecule has 0 N–H and O–H groups in total. The maximum atomic E-state index is 12.1. The largest absolute Gasteiger partial charge is 0.213 e. The molecule has 0 bridgehead atoms. The van der Waals surface area contributed by atoms with Crippen molar-refractivity contribution in [2.75, 3.05) is 0 Å². The smallest absolute Gasteiger partial charge is 0.128 e. The van der Waals surface area contributed by atoms with Crippen molar-refractivity contribution in [2.45, 2.75) is 12.8 Å². The molecule has 0 unspecified atom stereocenters. The molecule has 0 aliphatic carbocycles. The predicted octanol–water partition coefficient (Wildman–Crippen LogP) is 4.43. The van der Waals surface area contributed by atoms with Gasteiger partial charge in [0.05, 0.1) is 0 Å². The van der Waals surface area contributed by atoms with Crippen LogP contribution in [-0.2, 0) is 0 Å². The van der Waals surface area contributed by atoms with Crippen molar-refractivity contribution in [1.29, 1.82) is 0 Å². The molecule has 0 saturated carbocycles. The van der Waals surface area contributed by atoms with E-state index in [0.29, 0.717) is 0 Å².